The van der Waals surface area contributed by atoms with Crippen molar-refractivity contribution in [3.8, 4) is 17.3 Å². The number of nitrogens with zero attached hydrogens (tertiary/aromatic N) is 5. The van der Waals surface area contributed by atoms with Crippen molar-refractivity contribution in [2.24, 2.45) is 0 Å². The third kappa shape index (κ3) is 4.05. The Morgan fingerprint density at radius 2 is 2.06 bits per heavy atom. The summed E-state index contributed by atoms with van der Waals surface area (Å²) in [7, 11) is 0. The van der Waals surface area contributed by atoms with Gasteiger partial charge in [0, 0.05) is 17.0 Å². The molecule has 4 heterocycles. The fraction of sp³-hybridized carbons (Fsp3) is 0.269. The Morgan fingerprint density at radius 3 is 2.78 bits per heavy atom. The summed E-state index contributed by atoms with van der Waals surface area (Å²) in [6.07, 6.45) is 5.06. The van der Waals surface area contributed by atoms with Gasteiger partial charge in [-0.3, -0.25) is 9.78 Å². The van der Waals surface area contributed by atoms with E-state index >= 15 is 0 Å². The van der Waals surface area contributed by atoms with Crippen molar-refractivity contribution in [1.29, 1.82) is 0 Å². The van der Waals surface area contributed by atoms with Crippen LogP contribution in [0.4, 0.5) is 0 Å². The molecule has 0 unspecified atom stereocenters. The Hall–Kier alpha value is -4.31. The quantitative estimate of drug-likeness (QED) is 0.375. The third-order valence-corrected chi connectivity index (χ3v) is 6.46. The van der Waals surface area contributed by atoms with Gasteiger partial charge in [0.2, 0.25) is 5.88 Å². The maximum absolute atomic E-state index is 12.5. The minimum atomic E-state index is -0.488. The van der Waals surface area contributed by atoms with Crippen LogP contribution in [0.25, 0.3) is 27.8 Å². The predicted molar refractivity (Wildman–Crippen MR) is 130 cm³/mol. The van der Waals surface area contributed by atoms with Crippen LogP contribution >= 0.6 is 0 Å². The Morgan fingerprint density at radius 1 is 1.19 bits per heavy atom. The van der Waals surface area contributed by atoms with Crippen molar-refractivity contribution in [2.75, 3.05) is 0 Å². The molecule has 1 aliphatic carbocycles. The number of aryl methyl sites for hydroxylation is 1. The molecule has 0 saturated heterocycles. The molecule has 1 aromatic carbocycles. The fourth-order valence-corrected chi connectivity index (χ4v) is 4.55. The molecule has 1 aliphatic rings. The van der Waals surface area contributed by atoms with Gasteiger partial charge in [-0.25, -0.2) is 0 Å². The number of carbonyl (C=O) groups is 1. The lowest BCUT2D eigenvalue weighted by Crippen LogP contribution is -2.39. The van der Waals surface area contributed by atoms with Gasteiger partial charge in [0.25, 0.3) is 5.91 Å². The first kappa shape index (κ1) is 22.2. The molecule has 1 saturated carbocycles. The maximum Gasteiger partial charge on any atom is 0.253 e. The Kier molecular flexibility index (Phi) is 5.57. The molecule has 36 heavy (non-hydrogen) atoms. The SMILES string of the molecule is Cc1cc(-c2nnc3c4ccccc4c(OCc4ccc(C(=O)N[C@@H]5CCC[C@H]5O)cn4)nn23)co1. The number of rotatable bonds is 6. The molecule has 0 aliphatic heterocycles. The summed E-state index contributed by atoms with van der Waals surface area (Å²) in [4.78, 5) is 16.9. The number of aliphatic hydroxyl groups is 1. The van der Waals surface area contributed by atoms with Crippen LogP contribution in [0.1, 0.15) is 41.1 Å². The molecule has 10 nitrogen and oxygen atoms in total. The van der Waals surface area contributed by atoms with E-state index < -0.39 is 6.10 Å². The van der Waals surface area contributed by atoms with Crippen molar-refractivity contribution in [3.05, 3.63) is 71.9 Å². The van der Waals surface area contributed by atoms with E-state index in [2.05, 4.69) is 25.6 Å². The van der Waals surface area contributed by atoms with E-state index in [1.807, 2.05) is 37.3 Å². The van der Waals surface area contributed by atoms with Crippen LogP contribution in [-0.2, 0) is 6.61 Å². The summed E-state index contributed by atoms with van der Waals surface area (Å²) in [6.45, 7) is 2.03. The Balaban J connectivity index is 1.25. The van der Waals surface area contributed by atoms with E-state index in [0.29, 0.717) is 35.0 Å². The number of furan rings is 1. The highest BCUT2D eigenvalue weighted by Gasteiger charge is 2.27. The van der Waals surface area contributed by atoms with Gasteiger partial charge in [0.1, 0.15) is 18.6 Å². The number of aliphatic hydroxyl groups excluding tert-OH is 1. The number of amides is 1. The molecule has 4 aromatic heterocycles. The van der Waals surface area contributed by atoms with Crippen molar-refractivity contribution < 1.29 is 19.1 Å². The molecular formula is C26H24N6O4. The van der Waals surface area contributed by atoms with Gasteiger partial charge in [0.05, 0.1) is 29.0 Å². The van der Waals surface area contributed by atoms with Gasteiger partial charge in [-0.1, -0.05) is 18.2 Å². The number of hydrogen-bond acceptors (Lipinski definition) is 8. The number of ether oxygens (including phenoxy) is 1. The van der Waals surface area contributed by atoms with Gasteiger partial charge in [-0.05, 0) is 50.5 Å². The van der Waals surface area contributed by atoms with Gasteiger partial charge in [0.15, 0.2) is 11.5 Å². The number of aromatic nitrogens is 5. The lowest BCUT2D eigenvalue weighted by Gasteiger charge is -2.16. The van der Waals surface area contributed by atoms with Crippen LogP contribution in [0.5, 0.6) is 5.88 Å². The standard InChI is InChI=1S/C26H24N6O4/c1-15-11-17(13-35-15)23-29-30-24-19-5-2-3-6-20(19)26(31-32(23)24)36-14-18-10-9-16(12-27-18)25(34)28-21-7-4-8-22(21)33/h2-3,5-6,9-13,21-22,33H,4,7-8,14H2,1H3,(H,28,34)/t21-,22-/m1/s1. The van der Waals surface area contributed by atoms with E-state index in [4.69, 9.17) is 9.15 Å². The van der Waals surface area contributed by atoms with Crippen LogP contribution < -0.4 is 10.1 Å². The minimum absolute atomic E-state index is 0.161. The molecule has 0 spiro atoms. The Labute approximate surface area is 205 Å². The number of pyridine rings is 1. The van der Waals surface area contributed by atoms with Gasteiger partial charge < -0.3 is 19.6 Å². The largest absolute Gasteiger partial charge is 0.470 e. The first-order valence-corrected chi connectivity index (χ1v) is 11.8. The van der Waals surface area contributed by atoms with E-state index in [1.165, 1.54) is 6.20 Å². The fourth-order valence-electron chi connectivity index (χ4n) is 4.55. The van der Waals surface area contributed by atoms with Crippen LogP contribution in [-0.4, -0.2) is 48.0 Å². The number of hydrogen-bond donors (Lipinski definition) is 2. The molecule has 182 valence electrons. The maximum atomic E-state index is 12.5. The minimum Gasteiger partial charge on any atom is -0.470 e. The van der Waals surface area contributed by atoms with Gasteiger partial charge in [-0.15, -0.1) is 15.3 Å². The van der Waals surface area contributed by atoms with E-state index in [1.54, 1.807) is 22.9 Å². The Bertz CT molecular complexity index is 1560. The molecule has 0 radical (unpaired) electrons. The summed E-state index contributed by atoms with van der Waals surface area (Å²) in [5, 5.41) is 27.9. The lowest BCUT2D eigenvalue weighted by atomic mass is 10.2. The second kappa shape index (κ2) is 9.04. The van der Waals surface area contributed by atoms with E-state index in [-0.39, 0.29) is 18.6 Å². The van der Waals surface area contributed by atoms with E-state index in [9.17, 15) is 9.90 Å². The predicted octanol–water partition coefficient (Wildman–Crippen LogP) is 3.46. The van der Waals surface area contributed by atoms with Crippen LogP contribution in [0.3, 0.4) is 0 Å². The molecule has 6 rings (SSSR count). The molecule has 1 fully saturated rings. The van der Waals surface area contributed by atoms with Crippen LogP contribution in [0.2, 0.25) is 0 Å². The highest BCUT2D eigenvalue weighted by atomic mass is 16.5. The van der Waals surface area contributed by atoms with Crippen LogP contribution in [0.15, 0.2) is 59.3 Å². The average Bonchev–Trinajstić information content (AvgIpc) is 3.63. The second-order valence-electron chi connectivity index (χ2n) is 8.96. The molecule has 5 aromatic rings. The zero-order valence-corrected chi connectivity index (χ0v) is 19.6. The van der Waals surface area contributed by atoms with E-state index in [0.717, 1.165) is 34.9 Å². The zero-order chi connectivity index (χ0) is 24.6. The first-order valence-electron chi connectivity index (χ1n) is 11.8. The highest BCUT2D eigenvalue weighted by molar-refractivity contribution is 5.97. The molecule has 2 atom stereocenters. The zero-order valence-electron chi connectivity index (χ0n) is 19.6. The van der Waals surface area contributed by atoms with Crippen molar-refractivity contribution in [2.45, 2.75) is 44.9 Å². The molecule has 10 heteroatoms. The third-order valence-electron chi connectivity index (χ3n) is 6.46. The molecule has 0 bridgehead atoms. The molecule has 1 amide bonds. The lowest BCUT2D eigenvalue weighted by molar-refractivity contribution is 0.0873. The monoisotopic (exact) mass is 484 g/mol. The number of nitrogens with one attached hydrogen (secondary N) is 1. The summed E-state index contributed by atoms with van der Waals surface area (Å²) >= 11 is 0. The van der Waals surface area contributed by atoms with Crippen molar-refractivity contribution in [3.63, 3.8) is 0 Å². The highest BCUT2D eigenvalue weighted by Crippen LogP contribution is 2.29. The normalized spacial score (nSPS) is 17.6. The van der Waals surface area contributed by atoms with Crippen molar-refractivity contribution >= 4 is 22.3 Å². The number of carbonyl (C=O) groups excluding carboxylic acids is 1. The van der Waals surface area contributed by atoms with Crippen molar-refractivity contribution in [1.82, 2.24) is 30.1 Å². The number of fused-ring (bicyclic) bond motifs is 3. The molecule has 2 N–H and O–H groups in total. The summed E-state index contributed by atoms with van der Waals surface area (Å²) < 4.78 is 13.2. The van der Waals surface area contributed by atoms with Gasteiger partial charge >= 0.3 is 0 Å². The van der Waals surface area contributed by atoms with Crippen LogP contribution in [0, 0.1) is 6.92 Å². The average molecular weight is 485 g/mol. The summed E-state index contributed by atoms with van der Waals surface area (Å²) in [6, 6.07) is 12.8. The second-order valence-corrected chi connectivity index (χ2v) is 8.96. The number of benzene rings is 1. The van der Waals surface area contributed by atoms with Gasteiger partial charge in [-0.2, -0.15) is 4.52 Å². The smallest absolute Gasteiger partial charge is 0.253 e. The topological polar surface area (TPSA) is 128 Å². The first-order chi connectivity index (χ1) is 17.6. The molecular weight excluding hydrogens is 460 g/mol. The summed E-state index contributed by atoms with van der Waals surface area (Å²) in [5.41, 5.74) is 2.47. The summed E-state index contributed by atoms with van der Waals surface area (Å²) in [5.74, 6) is 1.49.